The summed E-state index contributed by atoms with van der Waals surface area (Å²) in [4.78, 5) is 14.0. The van der Waals surface area contributed by atoms with Gasteiger partial charge in [-0.05, 0) is 83.8 Å². The Bertz CT molecular complexity index is 2310. The lowest BCUT2D eigenvalue weighted by Gasteiger charge is -2.34. The molecule has 4 aromatic rings. The Hall–Kier alpha value is -6.39. The molecule has 0 amide bonds. The maximum Gasteiger partial charge on any atom is 0.0716 e. The number of nitrogens with zero attached hydrogens (tertiary/aromatic N) is 4. The summed E-state index contributed by atoms with van der Waals surface area (Å²) < 4.78 is 2.28. The van der Waals surface area contributed by atoms with E-state index < -0.39 is 5.41 Å². The number of rotatable bonds is 11. The van der Waals surface area contributed by atoms with Gasteiger partial charge in [-0.3, -0.25) is 15.0 Å². The first-order chi connectivity index (χ1) is 28.1. The third-order valence-corrected chi connectivity index (χ3v) is 9.99. The molecule has 1 aliphatic heterocycles. The van der Waals surface area contributed by atoms with Gasteiger partial charge in [-0.25, -0.2) is 0 Å². The fraction of sp³-hybridized carbons (Fsp3) is 0.189. The topological polar surface area (TPSA) is 42.0 Å². The minimum Gasteiger partial charge on any atom is -0.353 e. The molecular formula is C53H56N4. The van der Waals surface area contributed by atoms with Crippen molar-refractivity contribution in [3.63, 3.8) is 0 Å². The highest BCUT2D eigenvalue weighted by molar-refractivity contribution is 6.12. The highest BCUT2D eigenvalue weighted by Crippen LogP contribution is 2.55. The summed E-state index contributed by atoms with van der Waals surface area (Å²) >= 11 is 0. The van der Waals surface area contributed by atoms with Crippen LogP contribution in [0.1, 0.15) is 63.4 Å². The minimum absolute atomic E-state index is 0.0670. The Morgan fingerprint density at radius 1 is 0.842 bits per heavy atom. The van der Waals surface area contributed by atoms with Crippen molar-refractivity contribution >= 4 is 24.3 Å². The van der Waals surface area contributed by atoms with Gasteiger partial charge in [0.1, 0.15) is 0 Å². The zero-order valence-electron chi connectivity index (χ0n) is 34.4. The molecule has 2 heterocycles. The van der Waals surface area contributed by atoms with Crippen molar-refractivity contribution in [2.24, 2.45) is 27.9 Å². The van der Waals surface area contributed by atoms with Crippen LogP contribution in [0.15, 0.2) is 203 Å². The molecule has 2 aliphatic carbocycles. The molecule has 3 aliphatic rings. The number of aryl methyl sites for hydroxylation is 1. The van der Waals surface area contributed by atoms with Crippen LogP contribution in [0.3, 0.4) is 0 Å². The van der Waals surface area contributed by atoms with Crippen molar-refractivity contribution in [2.75, 3.05) is 6.54 Å². The van der Waals surface area contributed by atoms with E-state index in [1.54, 1.807) is 0 Å². The largest absolute Gasteiger partial charge is 0.353 e. The average Bonchev–Trinajstić information content (AvgIpc) is 3.47. The second-order valence-electron chi connectivity index (χ2n) is 13.3. The van der Waals surface area contributed by atoms with Crippen molar-refractivity contribution in [2.45, 2.75) is 46.5 Å². The van der Waals surface area contributed by atoms with Crippen LogP contribution in [0.25, 0.3) is 28.0 Å². The minimum atomic E-state index is -0.418. The van der Waals surface area contributed by atoms with Gasteiger partial charge in [-0.15, -0.1) is 0 Å². The van der Waals surface area contributed by atoms with E-state index in [4.69, 9.17) is 4.99 Å². The first-order valence-electron chi connectivity index (χ1n) is 20.2. The standard InChI is InChI=1S/C49H44N4.2C2H6/c1-4-5-6-9-15-29-49(42-24-17-30-51-31-27-42)45-26-25-40(34-44(45)43-28-32-53(3)48(43)49)39-22-16-23-41(33-39)46(50-2)35-47(38-20-13-10-14-21-38)52-36-37-18-11-7-8-12-19-37;2*1-2/h4-7,9-35,42H,2,8,36H2,1,3H3;2*1-2H3/b5-4-,9-6-,29-15+,46-35-,52-47?;;. The lowest BCUT2D eigenvalue weighted by Crippen LogP contribution is -2.32. The molecule has 0 N–H and O–H groups in total. The van der Waals surface area contributed by atoms with E-state index in [0.29, 0.717) is 6.54 Å². The van der Waals surface area contributed by atoms with Gasteiger partial charge in [-0.2, -0.15) is 0 Å². The van der Waals surface area contributed by atoms with Crippen molar-refractivity contribution in [1.82, 2.24) is 4.57 Å². The van der Waals surface area contributed by atoms with E-state index in [9.17, 15) is 0 Å². The highest BCUT2D eigenvalue weighted by Gasteiger charge is 2.47. The quantitative estimate of drug-likeness (QED) is 0.108. The van der Waals surface area contributed by atoms with E-state index in [0.717, 1.165) is 45.7 Å². The van der Waals surface area contributed by atoms with Gasteiger partial charge in [0.2, 0.25) is 0 Å². The van der Waals surface area contributed by atoms with E-state index in [1.807, 2.05) is 71.3 Å². The maximum atomic E-state index is 5.08. The number of fused-ring (bicyclic) bond motifs is 3. The molecule has 0 saturated heterocycles. The third kappa shape index (κ3) is 9.53. The Labute approximate surface area is 341 Å². The van der Waals surface area contributed by atoms with Crippen LogP contribution < -0.4 is 0 Å². The molecule has 3 aromatic carbocycles. The summed E-state index contributed by atoms with van der Waals surface area (Å²) in [5, 5.41) is 0. The maximum absolute atomic E-state index is 5.08. The Morgan fingerprint density at radius 3 is 2.44 bits per heavy atom. The molecule has 288 valence electrons. The van der Waals surface area contributed by atoms with E-state index >= 15 is 0 Å². The molecule has 57 heavy (non-hydrogen) atoms. The monoisotopic (exact) mass is 748 g/mol. The van der Waals surface area contributed by atoms with Crippen LogP contribution in [0.5, 0.6) is 0 Å². The Balaban J connectivity index is 0.00000150. The second-order valence-corrected chi connectivity index (χ2v) is 13.3. The number of hydrogen-bond acceptors (Lipinski definition) is 3. The van der Waals surface area contributed by atoms with E-state index in [-0.39, 0.29) is 5.92 Å². The summed E-state index contributed by atoms with van der Waals surface area (Å²) in [7, 11) is 2.15. The fourth-order valence-corrected chi connectivity index (χ4v) is 7.48. The smallest absolute Gasteiger partial charge is 0.0716 e. The van der Waals surface area contributed by atoms with Gasteiger partial charge in [0, 0.05) is 48.4 Å². The second kappa shape index (κ2) is 21.1. The third-order valence-electron chi connectivity index (χ3n) is 9.99. The lowest BCUT2D eigenvalue weighted by molar-refractivity contribution is 0.522. The first-order valence-corrected chi connectivity index (χ1v) is 20.2. The summed E-state index contributed by atoms with van der Waals surface area (Å²) in [6.07, 6.45) is 39.0. The van der Waals surface area contributed by atoms with Crippen LogP contribution in [-0.2, 0) is 12.5 Å². The zero-order chi connectivity index (χ0) is 40.5. The Kier molecular flexibility index (Phi) is 15.4. The summed E-state index contributed by atoms with van der Waals surface area (Å²) in [5.74, 6) is 0.0670. The van der Waals surface area contributed by atoms with Gasteiger partial charge >= 0.3 is 0 Å². The molecular weight excluding hydrogens is 693 g/mol. The molecule has 1 aromatic heterocycles. The van der Waals surface area contributed by atoms with Gasteiger partial charge in [0.05, 0.1) is 23.4 Å². The van der Waals surface area contributed by atoms with Crippen LogP contribution in [-0.4, -0.2) is 29.8 Å². The predicted molar refractivity (Wildman–Crippen MR) is 249 cm³/mol. The van der Waals surface area contributed by atoms with Crippen LogP contribution >= 0.6 is 0 Å². The molecule has 2 atom stereocenters. The molecule has 0 spiro atoms. The van der Waals surface area contributed by atoms with Crippen LogP contribution in [0, 0.1) is 5.92 Å². The molecule has 4 nitrogen and oxygen atoms in total. The number of allylic oxidation sites excluding steroid dienone is 14. The van der Waals surface area contributed by atoms with Gasteiger partial charge in [0.15, 0.2) is 0 Å². The molecule has 2 unspecified atom stereocenters. The van der Waals surface area contributed by atoms with Crippen molar-refractivity contribution in [3.8, 4) is 22.3 Å². The number of aliphatic imine (C=N–C) groups is 3. The number of benzene rings is 3. The van der Waals surface area contributed by atoms with Gasteiger partial charge < -0.3 is 4.57 Å². The van der Waals surface area contributed by atoms with Gasteiger partial charge in [-0.1, -0.05) is 167 Å². The first kappa shape index (κ1) is 41.8. The molecule has 7 rings (SSSR count). The molecule has 0 saturated carbocycles. The predicted octanol–water partition coefficient (Wildman–Crippen LogP) is 13.4. The zero-order valence-corrected chi connectivity index (χ0v) is 34.4. The number of aromatic nitrogens is 1. The molecule has 4 heteroatoms. The molecule has 0 bridgehead atoms. The SMILES string of the molecule is C=N/C(=C\C(=NCC1=CC=CCC=C1)c1ccccc1)c1cccc(-c2ccc3c(c2)-c2ccn(C)c2C3(/C=C/C=C\C=C/C)C2C=CC=NC=C2)c1.CC.CC. The van der Waals surface area contributed by atoms with Crippen LogP contribution in [0.2, 0.25) is 0 Å². The lowest BCUT2D eigenvalue weighted by atomic mass is 9.69. The Morgan fingerprint density at radius 2 is 1.63 bits per heavy atom. The van der Waals surface area contributed by atoms with Crippen molar-refractivity contribution in [3.05, 3.63) is 210 Å². The summed E-state index contributed by atoms with van der Waals surface area (Å²) in [6, 6.07) is 28.1. The van der Waals surface area contributed by atoms with Crippen molar-refractivity contribution in [1.29, 1.82) is 0 Å². The average molecular weight is 749 g/mol. The van der Waals surface area contributed by atoms with Crippen LogP contribution in [0.4, 0.5) is 0 Å². The summed E-state index contributed by atoms with van der Waals surface area (Å²) in [5.41, 5.74) is 11.7. The highest BCUT2D eigenvalue weighted by atomic mass is 15.0. The normalized spacial score (nSPS) is 18.4. The van der Waals surface area contributed by atoms with Crippen molar-refractivity contribution < 1.29 is 0 Å². The van der Waals surface area contributed by atoms with E-state index in [1.165, 1.54) is 22.4 Å². The molecule has 0 fully saturated rings. The van der Waals surface area contributed by atoms with E-state index in [2.05, 4.69) is 180 Å². The fourth-order valence-electron chi connectivity index (χ4n) is 7.48. The molecule has 0 radical (unpaired) electrons. The van der Waals surface area contributed by atoms with Gasteiger partial charge in [0.25, 0.3) is 0 Å². The number of hydrogen-bond donors (Lipinski definition) is 0. The summed E-state index contributed by atoms with van der Waals surface area (Å²) in [6.45, 7) is 14.6.